The van der Waals surface area contributed by atoms with Gasteiger partial charge in [-0.05, 0) is 24.8 Å². The van der Waals surface area contributed by atoms with E-state index >= 15 is 0 Å². The van der Waals surface area contributed by atoms with Crippen molar-refractivity contribution in [3.05, 3.63) is 48.3 Å². The zero-order chi connectivity index (χ0) is 17.6. The molecule has 130 valence electrons. The molecule has 1 N–H and O–H groups in total. The van der Waals surface area contributed by atoms with Crippen LogP contribution in [-0.2, 0) is 17.8 Å². The van der Waals surface area contributed by atoms with Crippen molar-refractivity contribution in [1.82, 2.24) is 14.8 Å². The molecule has 0 saturated heterocycles. The number of aryl methyl sites for hydroxylation is 1. The van der Waals surface area contributed by atoms with Crippen LogP contribution in [0.1, 0.15) is 26.1 Å². The number of amides is 1. The molecule has 2 aromatic carbocycles. The summed E-state index contributed by atoms with van der Waals surface area (Å²) in [7, 11) is 0. The van der Waals surface area contributed by atoms with Crippen molar-refractivity contribution in [3.63, 3.8) is 0 Å². The molecule has 0 saturated carbocycles. The molecule has 1 amide bonds. The standard InChI is InChI=1S/C19H22N4OS/c1-3-8-17-21-22-19(23(17)4-2)25-13-18(24)20-16-12-7-10-14-9-5-6-11-15(14)16/h5-7,9-12H,3-4,8,13H2,1-2H3,(H,20,24). The van der Waals surface area contributed by atoms with Crippen LogP contribution in [0, 0.1) is 0 Å². The number of anilines is 1. The normalized spacial score (nSPS) is 11.0. The average Bonchev–Trinajstić information content (AvgIpc) is 3.02. The zero-order valence-electron chi connectivity index (χ0n) is 14.5. The van der Waals surface area contributed by atoms with Gasteiger partial charge in [0.1, 0.15) is 5.82 Å². The van der Waals surface area contributed by atoms with Gasteiger partial charge in [0.05, 0.1) is 5.75 Å². The minimum atomic E-state index is -0.0379. The van der Waals surface area contributed by atoms with Crippen molar-refractivity contribution >= 4 is 34.1 Å². The molecule has 1 aromatic heterocycles. The van der Waals surface area contributed by atoms with Crippen LogP contribution in [0.4, 0.5) is 5.69 Å². The third kappa shape index (κ3) is 4.02. The molecule has 1 heterocycles. The summed E-state index contributed by atoms with van der Waals surface area (Å²) >= 11 is 1.43. The largest absolute Gasteiger partial charge is 0.325 e. The molecule has 0 spiro atoms. The van der Waals surface area contributed by atoms with E-state index in [0.29, 0.717) is 5.75 Å². The third-order valence-electron chi connectivity index (χ3n) is 3.98. The van der Waals surface area contributed by atoms with Crippen molar-refractivity contribution in [3.8, 4) is 0 Å². The Morgan fingerprint density at radius 2 is 1.92 bits per heavy atom. The van der Waals surface area contributed by atoms with Crippen molar-refractivity contribution in [2.45, 2.75) is 38.4 Å². The van der Waals surface area contributed by atoms with Crippen LogP contribution in [0.15, 0.2) is 47.6 Å². The van der Waals surface area contributed by atoms with Crippen molar-refractivity contribution in [2.75, 3.05) is 11.1 Å². The molecular formula is C19H22N4OS. The molecule has 5 nitrogen and oxygen atoms in total. The lowest BCUT2D eigenvalue weighted by atomic mass is 10.1. The summed E-state index contributed by atoms with van der Waals surface area (Å²) < 4.78 is 2.08. The molecular weight excluding hydrogens is 332 g/mol. The number of carbonyl (C=O) groups excluding carboxylic acids is 1. The van der Waals surface area contributed by atoms with E-state index in [1.807, 2.05) is 42.5 Å². The molecule has 0 fully saturated rings. The third-order valence-corrected chi connectivity index (χ3v) is 4.95. The van der Waals surface area contributed by atoms with Gasteiger partial charge in [0.2, 0.25) is 5.91 Å². The van der Waals surface area contributed by atoms with Gasteiger partial charge in [-0.15, -0.1) is 10.2 Å². The number of thioether (sulfide) groups is 1. The van der Waals surface area contributed by atoms with E-state index < -0.39 is 0 Å². The topological polar surface area (TPSA) is 59.8 Å². The van der Waals surface area contributed by atoms with Crippen LogP contribution in [0.3, 0.4) is 0 Å². The Hall–Kier alpha value is -2.34. The number of benzene rings is 2. The molecule has 25 heavy (non-hydrogen) atoms. The highest BCUT2D eigenvalue weighted by atomic mass is 32.2. The number of hydrogen-bond donors (Lipinski definition) is 1. The lowest BCUT2D eigenvalue weighted by molar-refractivity contribution is -0.113. The van der Waals surface area contributed by atoms with Crippen LogP contribution in [0.25, 0.3) is 10.8 Å². The quantitative estimate of drug-likeness (QED) is 0.648. The summed E-state index contributed by atoms with van der Waals surface area (Å²) in [5.74, 6) is 1.26. The molecule has 6 heteroatoms. The molecule has 0 aliphatic rings. The predicted molar refractivity (Wildman–Crippen MR) is 103 cm³/mol. The van der Waals surface area contributed by atoms with Gasteiger partial charge in [-0.1, -0.05) is 55.1 Å². The number of nitrogens with zero attached hydrogens (tertiary/aromatic N) is 3. The van der Waals surface area contributed by atoms with Gasteiger partial charge < -0.3 is 9.88 Å². The molecule has 0 unspecified atom stereocenters. The van der Waals surface area contributed by atoms with E-state index in [0.717, 1.165) is 46.8 Å². The number of hydrogen-bond acceptors (Lipinski definition) is 4. The van der Waals surface area contributed by atoms with E-state index in [-0.39, 0.29) is 5.91 Å². The minimum Gasteiger partial charge on any atom is -0.325 e. The summed E-state index contributed by atoms with van der Waals surface area (Å²) in [6.07, 6.45) is 1.94. The first-order valence-corrected chi connectivity index (χ1v) is 9.54. The maximum Gasteiger partial charge on any atom is 0.234 e. The van der Waals surface area contributed by atoms with Crippen LogP contribution in [0.2, 0.25) is 0 Å². The summed E-state index contributed by atoms with van der Waals surface area (Å²) in [6.45, 7) is 5.01. The second-order valence-corrected chi connectivity index (χ2v) is 6.70. The average molecular weight is 354 g/mol. The summed E-state index contributed by atoms with van der Waals surface area (Å²) in [4.78, 5) is 12.4. The Kier molecular flexibility index (Phi) is 5.71. The number of rotatable bonds is 7. The number of aromatic nitrogens is 3. The second-order valence-electron chi connectivity index (χ2n) is 5.76. The number of nitrogens with one attached hydrogen (secondary N) is 1. The molecule has 0 radical (unpaired) electrons. The van der Waals surface area contributed by atoms with Gasteiger partial charge in [-0.3, -0.25) is 4.79 Å². The van der Waals surface area contributed by atoms with Gasteiger partial charge in [-0.2, -0.15) is 0 Å². The van der Waals surface area contributed by atoms with Gasteiger partial charge >= 0.3 is 0 Å². The van der Waals surface area contributed by atoms with Gasteiger partial charge in [0.25, 0.3) is 0 Å². The Bertz CT molecular complexity index is 869. The van der Waals surface area contributed by atoms with Crippen molar-refractivity contribution in [1.29, 1.82) is 0 Å². The first kappa shape index (κ1) is 17.5. The molecule has 0 aliphatic carbocycles. The fraction of sp³-hybridized carbons (Fsp3) is 0.316. The van der Waals surface area contributed by atoms with E-state index in [4.69, 9.17) is 0 Å². The predicted octanol–water partition coefficient (Wildman–Crippen LogP) is 4.13. The van der Waals surface area contributed by atoms with E-state index in [2.05, 4.69) is 33.9 Å². The molecule has 3 aromatic rings. The van der Waals surface area contributed by atoms with Gasteiger partial charge in [0.15, 0.2) is 5.16 Å². The monoisotopic (exact) mass is 354 g/mol. The first-order chi connectivity index (χ1) is 12.2. The summed E-state index contributed by atoms with van der Waals surface area (Å²) in [6, 6.07) is 14.0. The minimum absolute atomic E-state index is 0.0379. The Morgan fingerprint density at radius 1 is 1.12 bits per heavy atom. The zero-order valence-corrected chi connectivity index (χ0v) is 15.3. The fourth-order valence-corrected chi connectivity index (χ4v) is 3.62. The molecule has 0 bridgehead atoms. The molecule has 0 aliphatic heterocycles. The summed E-state index contributed by atoms with van der Waals surface area (Å²) in [5, 5.41) is 14.4. The highest BCUT2D eigenvalue weighted by Crippen LogP contribution is 2.24. The van der Waals surface area contributed by atoms with Crippen LogP contribution in [0.5, 0.6) is 0 Å². The lowest BCUT2D eigenvalue weighted by Crippen LogP contribution is -2.15. The number of fused-ring (bicyclic) bond motifs is 1. The van der Waals surface area contributed by atoms with E-state index in [1.165, 1.54) is 11.8 Å². The second kappa shape index (κ2) is 8.16. The van der Waals surface area contributed by atoms with E-state index in [9.17, 15) is 4.79 Å². The first-order valence-electron chi connectivity index (χ1n) is 8.55. The highest BCUT2D eigenvalue weighted by Gasteiger charge is 2.13. The van der Waals surface area contributed by atoms with Crippen LogP contribution >= 0.6 is 11.8 Å². The van der Waals surface area contributed by atoms with Gasteiger partial charge in [0, 0.05) is 24.0 Å². The smallest absolute Gasteiger partial charge is 0.234 e. The van der Waals surface area contributed by atoms with Crippen molar-refractivity contribution < 1.29 is 4.79 Å². The maximum absolute atomic E-state index is 12.4. The Labute approximate surface area is 151 Å². The van der Waals surface area contributed by atoms with Gasteiger partial charge in [-0.25, -0.2) is 0 Å². The highest BCUT2D eigenvalue weighted by molar-refractivity contribution is 7.99. The van der Waals surface area contributed by atoms with E-state index in [1.54, 1.807) is 0 Å². The van der Waals surface area contributed by atoms with Crippen molar-refractivity contribution in [2.24, 2.45) is 0 Å². The molecule has 0 atom stereocenters. The van der Waals surface area contributed by atoms with Crippen LogP contribution < -0.4 is 5.32 Å². The molecule has 3 rings (SSSR count). The fourth-order valence-electron chi connectivity index (χ4n) is 2.80. The summed E-state index contributed by atoms with van der Waals surface area (Å²) in [5.41, 5.74) is 0.840. The van der Waals surface area contributed by atoms with Crippen LogP contribution in [-0.4, -0.2) is 26.4 Å². The lowest BCUT2D eigenvalue weighted by Gasteiger charge is -2.09. The Morgan fingerprint density at radius 3 is 2.72 bits per heavy atom. The SMILES string of the molecule is CCCc1nnc(SCC(=O)Nc2cccc3ccccc23)n1CC. The number of carbonyl (C=O) groups is 1. The maximum atomic E-state index is 12.4. The Balaban J connectivity index is 1.67.